The second-order valence-electron chi connectivity index (χ2n) is 4.32. The summed E-state index contributed by atoms with van der Waals surface area (Å²) in [4.78, 5) is 0. The molecule has 0 amide bonds. The fraction of sp³-hybridized carbons (Fsp3) is 0.500. The van der Waals surface area contributed by atoms with Crippen LogP contribution in [0.5, 0.6) is 0 Å². The Morgan fingerprint density at radius 3 is 2.07 bits per heavy atom. The molecule has 1 aromatic rings. The third kappa shape index (κ3) is 1.47. The van der Waals surface area contributed by atoms with Crippen LogP contribution in [0.4, 0.5) is 0 Å². The number of hydrogen-bond donors (Lipinski definition) is 0. The molecule has 1 saturated heterocycles. The zero-order chi connectivity index (χ0) is 10.2. The molecule has 1 aliphatic rings. The Bertz CT molecular complexity index is 344. The molecule has 0 nitrogen and oxygen atoms in total. The third-order valence-corrected chi connectivity index (χ3v) is 10.5. The minimum absolute atomic E-state index is 0.745. The lowest BCUT2D eigenvalue weighted by atomic mass is 10.2. The SMILES string of the molecule is C[C@@H]1CC[C@@H](C)P1(=S)c1ccccc1. The molecule has 76 valence electrons. The van der Waals surface area contributed by atoms with E-state index in [0.29, 0.717) is 0 Å². The van der Waals surface area contributed by atoms with Gasteiger partial charge in [-0.3, -0.25) is 0 Å². The van der Waals surface area contributed by atoms with E-state index in [-0.39, 0.29) is 0 Å². The topological polar surface area (TPSA) is 0 Å². The number of hydrogen-bond acceptors (Lipinski definition) is 1. The van der Waals surface area contributed by atoms with Crippen LogP contribution >= 0.6 is 6.04 Å². The van der Waals surface area contributed by atoms with Crippen molar-refractivity contribution in [3.05, 3.63) is 30.3 Å². The van der Waals surface area contributed by atoms with Crippen molar-refractivity contribution in [2.75, 3.05) is 0 Å². The summed E-state index contributed by atoms with van der Waals surface area (Å²) in [5.74, 6) is 0. The monoisotopic (exact) mass is 224 g/mol. The van der Waals surface area contributed by atoms with Gasteiger partial charge in [-0.2, -0.15) is 0 Å². The Morgan fingerprint density at radius 1 is 1.07 bits per heavy atom. The molecule has 14 heavy (non-hydrogen) atoms. The second-order valence-corrected chi connectivity index (χ2v) is 9.83. The van der Waals surface area contributed by atoms with Crippen LogP contribution < -0.4 is 5.30 Å². The van der Waals surface area contributed by atoms with Crippen LogP contribution in [0.25, 0.3) is 0 Å². The van der Waals surface area contributed by atoms with Crippen molar-refractivity contribution in [1.82, 2.24) is 0 Å². The quantitative estimate of drug-likeness (QED) is 0.659. The van der Waals surface area contributed by atoms with E-state index in [1.54, 1.807) is 0 Å². The normalized spacial score (nSPS) is 30.4. The Kier molecular flexibility index (Phi) is 2.81. The van der Waals surface area contributed by atoms with Gasteiger partial charge in [-0.15, -0.1) is 0 Å². The van der Waals surface area contributed by atoms with Crippen molar-refractivity contribution in [1.29, 1.82) is 0 Å². The molecular weight excluding hydrogens is 207 g/mol. The highest BCUT2D eigenvalue weighted by atomic mass is 32.4. The lowest BCUT2D eigenvalue weighted by Crippen LogP contribution is -2.14. The molecule has 1 aliphatic heterocycles. The van der Waals surface area contributed by atoms with E-state index in [0.717, 1.165) is 11.3 Å². The first-order valence-electron chi connectivity index (χ1n) is 5.30. The summed E-state index contributed by atoms with van der Waals surface area (Å²) in [6, 6.07) is 9.53. The Labute approximate surface area is 91.7 Å². The van der Waals surface area contributed by atoms with Crippen LogP contribution in [0, 0.1) is 0 Å². The Morgan fingerprint density at radius 2 is 1.57 bits per heavy atom. The average molecular weight is 224 g/mol. The molecule has 0 N–H and O–H groups in total. The van der Waals surface area contributed by atoms with Gasteiger partial charge in [0.25, 0.3) is 0 Å². The zero-order valence-corrected chi connectivity index (χ0v) is 10.5. The maximum absolute atomic E-state index is 5.99. The first-order valence-corrected chi connectivity index (χ1v) is 8.25. The molecule has 0 unspecified atom stereocenters. The van der Waals surface area contributed by atoms with Gasteiger partial charge in [0.15, 0.2) is 0 Å². The molecule has 1 heterocycles. The molecule has 1 aromatic carbocycles. The minimum Gasteiger partial charge on any atom is -0.0920 e. The van der Waals surface area contributed by atoms with Gasteiger partial charge in [0.2, 0.25) is 0 Å². The van der Waals surface area contributed by atoms with Gasteiger partial charge in [0.05, 0.1) is 0 Å². The molecule has 0 spiro atoms. The predicted molar refractivity (Wildman–Crippen MR) is 68.5 cm³/mol. The van der Waals surface area contributed by atoms with E-state index in [4.69, 9.17) is 11.8 Å². The second kappa shape index (κ2) is 3.79. The lowest BCUT2D eigenvalue weighted by Gasteiger charge is -2.26. The minimum atomic E-state index is -1.27. The highest BCUT2D eigenvalue weighted by Gasteiger charge is 2.37. The van der Waals surface area contributed by atoms with E-state index in [1.165, 1.54) is 18.1 Å². The fourth-order valence-electron chi connectivity index (χ4n) is 2.47. The van der Waals surface area contributed by atoms with Gasteiger partial charge >= 0.3 is 0 Å². The summed E-state index contributed by atoms with van der Waals surface area (Å²) in [5, 5.41) is 1.45. The summed E-state index contributed by atoms with van der Waals surface area (Å²) in [6.45, 7) is 4.69. The van der Waals surface area contributed by atoms with Crippen molar-refractivity contribution in [2.24, 2.45) is 0 Å². The lowest BCUT2D eigenvalue weighted by molar-refractivity contribution is 0.777. The van der Waals surface area contributed by atoms with E-state index in [2.05, 4.69) is 44.2 Å². The molecule has 0 aliphatic carbocycles. The maximum atomic E-state index is 5.99. The standard InChI is InChI=1S/C12H17PS/c1-10-8-9-11(2)13(10,14)12-6-4-3-5-7-12/h3-7,10-11H,8-9H2,1-2H3/t10-,11-/m1/s1. The van der Waals surface area contributed by atoms with Crippen LogP contribution in [0.15, 0.2) is 30.3 Å². The molecule has 0 saturated carbocycles. The molecular formula is C12H17PS. The molecule has 2 heteroatoms. The maximum Gasteiger partial charge on any atom is -0.0107 e. The van der Waals surface area contributed by atoms with Gasteiger partial charge in [-0.25, -0.2) is 0 Å². The third-order valence-electron chi connectivity index (χ3n) is 3.47. The summed E-state index contributed by atoms with van der Waals surface area (Å²) < 4.78 is 0. The Hall–Kier alpha value is -0.130. The summed E-state index contributed by atoms with van der Waals surface area (Å²) in [6.07, 6.45) is 2.65. The summed E-state index contributed by atoms with van der Waals surface area (Å²) in [7, 11) is 0. The van der Waals surface area contributed by atoms with E-state index >= 15 is 0 Å². The van der Waals surface area contributed by atoms with Crippen LogP contribution in [0.2, 0.25) is 0 Å². The first-order chi connectivity index (χ1) is 6.65. The van der Waals surface area contributed by atoms with Gasteiger partial charge in [-0.1, -0.05) is 56.0 Å². The van der Waals surface area contributed by atoms with Crippen molar-refractivity contribution >= 4 is 23.1 Å². The molecule has 0 bridgehead atoms. The van der Waals surface area contributed by atoms with E-state index < -0.39 is 6.04 Å². The van der Waals surface area contributed by atoms with Crippen molar-refractivity contribution in [2.45, 2.75) is 38.0 Å². The Balaban J connectivity index is 2.46. The molecule has 0 radical (unpaired) electrons. The van der Waals surface area contributed by atoms with Gasteiger partial charge in [-0.05, 0) is 35.5 Å². The zero-order valence-electron chi connectivity index (χ0n) is 8.81. The molecule has 1 fully saturated rings. The van der Waals surface area contributed by atoms with Gasteiger partial charge < -0.3 is 0 Å². The van der Waals surface area contributed by atoms with Crippen molar-refractivity contribution in [3.63, 3.8) is 0 Å². The molecule has 2 atom stereocenters. The molecule has 0 aromatic heterocycles. The molecule has 2 rings (SSSR count). The summed E-state index contributed by atoms with van der Waals surface area (Å²) in [5.41, 5.74) is 1.49. The highest BCUT2D eigenvalue weighted by molar-refractivity contribution is 8.19. The number of benzene rings is 1. The van der Waals surface area contributed by atoms with E-state index in [1.807, 2.05) is 0 Å². The van der Waals surface area contributed by atoms with Gasteiger partial charge in [0.1, 0.15) is 0 Å². The average Bonchev–Trinajstić information content (AvgIpc) is 2.49. The van der Waals surface area contributed by atoms with Crippen molar-refractivity contribution < 1.29 is 0 Å². The van der Waals surface area contributed by atoms with Crippen molar-refractivity contribution in [3.8, 4) is 0 Å². The largest absolute Gasteiger partial charge is 0.0920 e. The van der Waals surface area contributed by atoms with E-state index in [9.17, 15) is 0 Å². The van der Waals surface area contributed by atoms with Crippen LogP contribution in [-0.2, 0) is 11.8 Å². The fourth-order valence-corrected chi connectivity index (χ4v) is 7.06. The van der Waals surface area contributed by atoms with Gasteiger partial charge in [0, 0.05) is 0 Å². The first kappa shape index (κ1) is 10.4. The number of rotatable bonds is 1. The highest BCUT2D eigenvalue weighted by Crippen LogP contribution is 2.61. The predicted octanol–water partition coefficient (Wildman–Crippen LogP) is 3.36. The van der Waals surface area contributed by atoms with Crippen LogP contribution in [0.3, 0.4) is 0 Å². The van der Waals surface area contributed by atoms with Crippen LogP contribution in [0.1, 0.15) is 26.7 Å². The smallest absolute Gasteiger partial charge is 0.0107 e. The summed E-state index contributed by atoms with van der Waals surface area (Å²) >= 11 is 5.99. The van der Waals surface area contributed by atoms with Crippen LogP contribution in [-0.4, -0.2) is 11.3 Å².